The number of tetrazole rings is 1. The van der Waals surface area contributed by atoms with Crippen LogP contribution in [0.5, 0.6) is 0 Å². The molecule has 7 nitrogen and oxygen atoms in total. The number of hydrogen-bond donors (Lipinski definition) is 1. The molecule has 1 N–H and O–H groups in total. The topological polar surface area (TPSA) is 81.9 Å². The van der Waals surface area contributed by atoms with E-state index in [0.29, 0.717) is 12.4 Å². The van der Waals surface area contributed by atoms with Crippen LogP contribution in [0.4, 0.5) is 0 Å². The summed E-state index contributed by atoms with van der Waals surface area (Å²) in [6.45, 7) is 1.36. The number of nitrogens with one attached hydrogen (secondary N) is 1. The van der Waals surface area contributed by atoms with Crippen molar-refractivity contribution in [2.75, 3.05) is 13.2 Å². The molecule has 3 rings (SSSR count). The van der Waals surface area contributed by atoms with Crippen molar-refractivity contribution in [3.63, 3.8) is 0 Å². The number of ether oxygens (including phenoxy) is 1. The second-order valence-electron chi connectivity index (χ2n) is 5.06. The fourth-order valence-corrected chi connectivity index (χ4v) is 2.74. The lowest BCUT2D eigenvalue weighted by Crippen LogP contribution is -2.34. The van der Waals surface area contributed by atoms with Gasteiger partial charge in [-0.2, -0.15) is 4.80 Å². The molecule has 2 aromatic rings. The van der Waals surface area contributed by atoms with E-state index >= 15 is 0 Å². The number of halogens is 1. The lowest BCUT2D eigenvalue weighted by Gasteiger charge is -2.10. The summed E-state index contributed by atoms with van der Waals surface area (Å²) in [7, 11) is 0. The normalized spacial score (nSPS) is 17.6. The number of aromatic nitrogens is 4. The Labute approximate surface area is 136 Å². The molecule has 8 heteroatoms. The summed E-state index contributed by atoms with van der Waals surface area (Å²) in [6.07, 6.45) is 2.18. The predicted octanol–water partition coefficient (Wildman–Crippen LogP) is 1.40. The second-order valence-corrected chi connectivity index (χ2v) is 5.92. The first-order chi connectivity index (χ1) is 10.7. The highest BCUT2D eigenvalue weighted by molar-refractivity contribution is 9.10. The van der Waals surface area contributed by atoms with Gasteiger partial charge in [-0.15, -0.1) is 10.2 Å². The van der Waals surface area contributed by atoms with E-state index in [1.807, 2.05) is 24.3 Å². The monoisotopic (exact) mass is 365 g/mol. The molecule has 0 bridgehead atoms. The first-order valence-corrected chi connectivity index (χ1v) is 7.92. The molecule has 22 heavy (non-hydrogen) atoms. The molecule has 0 unspecified atom stereocenters. The Morgan fingerprint density at radius 3 is 3.09 bits per heavy atom. The molecule has 1 fully saturated rings. The van der Waals surface area contributed by atoms with E-state index in [2.05, 4.69) is 36.7 Å². The first-order valence-electron chi connectivity index (χ1n) is 7.13. The van der Waals surface area contributed by atoms with Gasteiger partial charge in [0, 0.05) is 23.2 Å². The summed E-state index contributed by atoms with van der Waals surface area (Å²) >= 11 is 3.45. The summed E-state index contributed by atoms with van der Waals surface area (Å²) in [4.78, 5) is 13.2. The van der Waals surface area contributed by atoms with Crippen LogP contribution in [0.2, 0.25) is 0 Å². The zero-order valence-electron chi connectivity index (χ0n) is 11.9. The standard InChI is InChI=1S/C14H16BrN5O2/c15-12-6-2-1-5-11(12)14-17-19-20(18-14)9-13(21)16-8-10-4-3-7-22-10/h1-2,5-6,10H,3-4,7-9H2,(H,16,21)/t10-/m1/s1. The van der Waals surface area contributed by atoms with Crippen molar-refractivity contribution in [2.45, 2.75) is 25.5 Å². The van der Waals surface area contributed by atoms with E-state index in [0.717, 1.165) is 29.5 Å². The largest absolute Gasteiger partial charge is 0.376 e. The highest BCUT2D eigenvalue weighted by Gasteiger charge is 2.17. The van der Waals surface area contributed by atoms with E-state index in [1.54, 1.807) is 0 Å². The number of benzene rings is 1. The van der Waals surface area contributed by atoms with Crippen molar-refractivity contribution in [3.05, 3.63) is 28.7 Å². The van der Waals surface area contributed by atoms with Crippen LogP contribution < -0.4 is 5.32 Å². The molecule has 1 aromatic carbocycles. The lowest BCUT2D eigenvalue weighted by atomic mass is 10.2. The van der Waals surface area contributed by atoms with Gasteiger partial charge in [0.2, 0.25) is 11.7 Å². The molecule has 1 saturated heterocycles. The van der Waals surface area contributed by atoms with Gasteiger partial charge in [0.1, 0.15) is 6.54 Å². The van der Waals surface area contributed by atoms with Crippen LogP contribution in [-0.4, -0.2) is 45.4 Å². The molecule has 1 atom stereocenters. The molecule has 0 radical (unpaired) electrons. The summed E-state index contributed by atoms with van der Waals surface area (Å²) in [5.74, 6) is 0.339. The zero-order valence-corrected chi connectivity index (χ0v) is 13.5. The molecule has 0 spiro atoms. The van der Waals surface area contributed by atoms with Gasteiger partial charge in [0.15, 0.2) is 0 Å². The van der Waals surface area contributed by atoms with Crippen LogP contribution in [0.1, 0.15) is 12.8 Å². The second kappa shape index (κ2) is 6.97. The average molecular weight is 366 g/mol. The highest BCUT2D eigenvalue weighted by atomic mass is 79.9. The Bertz CT molecular complexity index is 654. The summed E-state index contributed by atoms with van der Waals surface area (Å²) in [5, 5.41) is 15.0. The van der Waals surface area contributed by atoms with Crippen LogP contribution in [0.25, 0.3) is 11.4 Å². The fourth-order valence-electron chi connectivity index (χ4n) is 2.28. The molecule has 0 aliphatic carbocycles. The highest BCUT2D eigenvalue weighted by Crippen LogP contribution is 2.24. The van der Waals surface area contributed by atoms with Crippen molar-refractivity contribution < 1.29 is 9.53 Å². The molecular weight excluding hydrogens is 350 g/mol. The third-order valence-electron chi connectivity index (χ3n) is 3.40. The maximum Gasteiger partial charge on any atom is 0.243 e. The smallest absolute Gasteiger partial charge is 0.243 e. The summed E-state index contributed by atoms with van der Waals surface area (Å²) < 4.78 is 6.34. The Morgan fingerprint density at radius 1 is 1.45 bits per heavy atom. The minimum absolute atomic E-state index is 0.0458. The van der Waals surface area contributed by atoms with E-state index in [9.17, 15) is 4.79 Å². The first kappa shape index (κ1) is 15.1. The quantitative estimate of drug-likeness (QED) is 0.865. The zero-order chi connectivity index (χ0) is 15.4. The number of carbonyl (C=O) groups is 1. The van der Waals surface area contributed by atoms with Gasteiger partial charge < -0.3 is 10.1 Å². The molecule has 1 amide bonds. The van der Waals surface area contributed by atoms with Gasteiger partial charge in [0.25, 0.3) is 0 Å². The molecule has 116 valence electrons. The molecule has 0 saturated carbocycles. The van der Waals surface area contributed by atoms with E-state index < -0.39 is 0 Å². The van der Waals surface area contributed by atoms with E-state index in [-0.39, 0.29) is 18.6 Å². The van der Waals surface area contributed by atoms with E-state index in [4.69, 9.17) is 4.74 Å². The Balaban J connectivity index is 1.57. The van der Waals surface area contributed by atoms with Crippen molar-refractivity contribution in [1.82, 2.24) is 25.5 Å². The minimum atomic E-state index is -0.147. The van der Waals surface area contributed by atoms with Gasteiger partial charge in [-0.1, -0.05) is 28.1 Å². The van der Waals surface area contributed by atoms with Crippen LogP contribution in [0.3, 0.4) is 0 Å². The molecule has 1 aliphatic rings. The number of hydrogen-bond acceptors (Lipinski definition) is 5. The maximum absolute atomic E-state index is 11.9. The Hall–Kier alpha value is -1.80. The van der Waals surface area contributed by atoms with Gasteiger partial charge in [-0.3, -0.25) is 4.79 Å². The maximum atomic E-state index is 11.9. The molecule has 2 heterocycles. The third kappa shape index (κ3) is 3.69. The number of carbonyl (C=O) groups excluding carboxylic acids is 1. The van der Waals surface area contributed by atoms with Crippen LogP contribution in [0.15, 0.2) is 28.7 Å². The van der Waals surface area contributed by atoms with Crippen molar-refractivity contribution in [3.8, 4) is 11.4 Å². The van der Waals surface area contributed by atoms with Crippen molar-refractivity contribution in [1.29, 1.82) is 0 Å². The number of nitrogens with zero attached hydrogens (tertiary/aromatic N) is 4. The number of rotatable bonds is 5. The Kier molecular flexibility index (Phi) is 4.79. The van der Waals surface area contributed by atoms with Gasteiger partial charge in [-0.25, -0.2) is 0 Å². The predicted molar refractivity (Wildman–Crippen MR) is 82.9 cm³/mol. The van der Waals surface area contributed by atoms with Gasteiger partial charge in [0.05, 0.1) is 6.10 Å². The Morgan fingerprint density at radius 2 is 2.32 bits per heavy atom. The summed E-state index contributed by atoms with van der Waals surface area (Å²) in [5.41, 5.74) is 0.841. The number of amides is 1. The van der Waals surface area contributed by atoms with Gasteiger partial charge in [-0.05, 0) is 30.2 Å². The van der Waals surface area contributed by atoms with Crippen molar-refractivity contribution >= 4 is 21.8 Å². The lowest BCUT2D eigenvalue weighted by molar-refractivity contribution is -0.122. The minimum Gasteiger partial charge on any atom is -0.376 e. The third-order valence-corrected chi connectivity index (χ3v) is 4.10. The molecule has 1 aliphatic heterocycles. The van der Waals surface area contributed by atoms with Crippen LogP contribution >= 0.6 is 15.9 Å². The van der Waals surface area contributed by atoms with Crippen LogP contribution in [0, 0.1) is 0 Å². The van der Waals surface area contributed by atoms with Gasteiger partial charge >= 0.3 is 0 Å². The SMILES string of the molecule is O=C(Cn1nnc(-c2ccccc2Br)n1)NC[C@H]1CCCO1. The summed E-state index contributed by atoms with van der Waals surface area (Å²) in [6, 6.07) is 7.61. The van der Waals surface area contributed by atoms with E-state index in [1.165, 1.54) is 4.80 Å². The fraction of sp³-hybridized carbons (Fsp3) is 0.429. The molecular formula is C14H16BrN5O2. The van der Waals surface area contributed by atoms with Crippen LogP contribution in [-0.2, 0) is 16.1 Å². The average Bonchev–Trinajstić information content (AvgIpc) is 3.17. The molecule has 1 aromatic heterocycles. The van der Waals surface area contributed by atoms with Crippen molar-refractivity contribution in [2.24, 2.45) is 0 Å².